The van der Waals surface area contributed by atoms with Gasteiger partial charge in [-0.1, -0.05) is 29.8 Å². The summed E-state index contributed by atoms with van der Waals surface area (Å²) >= 11 is 4.63. The summed E-state index contributed by atoms with van der Waals surface area (Å²) in [5, 5.41) is 4.67. The van der Waals surface area contributed by atoms with Gasteiger partial charge in [0.15, 0.2) is 11.7 Å². The molecule has 1 heterocycles. The first kappa shape index (κ1) is 22.3. The molecule has 0 aliphatic carbocycles. The summed E-state index contributed by atoms with van der Waals surface area (Å²) in [4.78, 5) is 16.2. The molecule has 158 valence electrons. The summed E-state index contributed by atoms with van der Waals surface area (Å²) in [5.74, 6) is 0.551. The number of halogens is 1. The van der Waals surface area contributed by atoms with E-state index in [0.29, 0.717) is 16.6 Å². The van der Waals surface area contributed by atoms with Gasteiger partial charge in [0, 0.05) is 21.7 Å². The predicted molar refractivity (Wildman–Crippen MR) is 122 cm³/mol. The molecule has 3 aromatic rings. The molecule has 7 nitrogen and oxygen atoms in total. The molecule has 3 rings (SSSR count). The number of sulfonamides is 1. The lowest BCUT2D eigenvalue weighted by molar-refractivity contribution is -0.118. The Morgan fingerprint density at radius 2 is 1.93 bits per heavy atom. The van der Waals surface area contributed by atoms with Crippen LogP contribution >= 0.6 is 27.3 Å². The van der Waals surface area contributed by atoms with Crippen molar-refractivity contribution in [2.24, 2.45) is 0 Å². The number of amides is 1. The Bertz CT molecular complexity index is 1120. The predicted octanol–water partition coefficient (Wildman–Crippen LogP) is 4.85. The van der Waals surface area contributed by atoms with Gasteiger partial charge in [0.1, 0.15) is 5.75 Å². The maximum absolute atomic E-state index is 12.3. The molecule has 30 heavy (non-hydrogen) atoms. The Kier molecular flexibility index (Phi) is 7.11. The molecular weight excluding hydrogens is 490 g/mol. The molecule has 2 aromatic carbocycles. The Morgan fingerprint density at radius 3 is 2.57 bits per heavy atom. The van der Waals surface area contributed by atoms with E-state index in [2.05, 4.69) is 31.0 Å². The minimum Gasteiger partial charge on any atom is -0.483 e. The lowest BCUT2D eigenvalue weighted by Crippen LogP contribution is -2.20. The second-order valence-corrected chi connectivity index (χ2v) is 10.1. The van der Waals surface area contributed by atoms with Crippen LogP contribution in [0.5, 0.6) is 5.75 Å². The molecule has 1 aromatic heterocycles. The fourth-order valence-electron chi connectivity index (χ4n) is 2.61. The van der Waals surface area contributed by atoms with Gasteiger partial charge in [-0.15, -0.1) is 11.3 Å². The Hall–Kier alpha value is -2.43. The monoisotopic (exact) mass is 509 g/mol. The van der Waals surface area contributed by atoms with Crippen molar-refractivity contribution >= 4 is 54.0 Å². The first-order valence-electron chi connectivity index (χ1n) is 8.99. The maximum Gasteiger partial charge on any atom is 0.263 e. The van der Waals surface area contributed by atoms with E-state index >= 15 is 0 Å². The molecule has 1 amide bonds. The van der Waals surface area contributed by atoms with Crippen LogP contribution in [0.15, 0.2) is 63.4 Å². The second-order valence-electron chi connectivity index (χ2n) is 6.64. The highest BCUT2D eigenvalue weighted by Gasteiger charge is 2.16. The molecule has 0 atom stereocenters. The molecular formula is C20H20BrN3O4S2. The zero-order valence-electron chi connectivity index (χ0n) is 16.3. The molecule has 0 fully saturated rings. The number of aromatic nitrogens is 1. The van der Waals surface area contributed by atoms with Gasteiger partial charge in [-0.05, 0) is 53.9 Å². The number of carbonyl (C=O) groups is 1. The zero-order valence-corrected chi connectivity index (χ0v) is 19.5. The van der Waals surface area contributed by atoms with Crippen LogP contribution < -0.4 is 14.8 Å². The SMILES string of the molecule is CC(C)c1cc(Br)ccc1OCC(=O)Nc1ccc(S(=O)(=O)Nc2nccs2)cc1. The smallest absolute Gasteiger partial charge is 0.263 e. The number of benzene rings is 2. The summed E-state index contributed by atoms with van der Waals surface area (Å²) in [7, 11) is -3.73. The van der Waals surface area contributed by atoms with Gasteiger partial charge in [0.05, 0.1) is 4.90 Å². The van der Waals surface area contributed by atoms with Crippen molar-refractivity contribution < 1.29 is 17.9 Å². The van der Waals surface area contributed by atoms with E-state index in [0.717, 1.165) is 10.0 Å². The van der Waals surface area contributed by atoms with Gasteiger partial charge < -0.3 is 10.1 Å². The number of anilines is 2. The van der Waals surface area contributed by atoms with Crippen LogP contribution in [0.2, 0.25) is 0 Å². The fourth-order valence-corrected chi connectivity index (χ4v) is 4.77. The normalized spacial score (nSPS) is 11.3. The molecule has 2 N–H and O–H groups in total. The van der Waals surface area contributed by atoms with Crippen molar-refractivity contribution in [3.05, 3.63) is 64.1 Å². The van der Waals surface area contributed by atoms with E-state index in [1.807, 2.05) is 32.0 Å². The van der Waals surface area contributed by atoms with Crippen LogP contribution in [0.4, 0.5) is 10.8 Å². The van der Waals surface area contributed by atoms with E-state index in [1.165, 1.54) is 41.8 Å². The molecule has 0 aliphatic rings. The number of nitrogens with one attached hydrogen (secondary N) is 2. The number of hydrogen-bond acceptors (Lipinski definition) is 6. The minimum absolute atomic E-state index is 0.0726. The second kappa shape index (κ2) is 9.59. The molecule has 0 saturated carbocycles. The quantitative estimate of drug-likeness (QED) is 0.452. The highest BCUT2D eigenvalue weighted by molar-refractivity contribution is 9.10. The molecule has 0 radical (unpaired) electrons. The third kappa shape index (κ3) is 5.80. The van der Waals surface area contributed by atoms with Gasteiger partial charge >= 0.3 is 0 Å². The number of rotatable bonds is 8. The first-order chi connectivity index (χ1) is 14.2. The van der Waals surface area contributed by atoms with E-state index in [9.17, 15) is 13.2 Å². The van der Waals surface area contributed by atoms with Gasteiger partial charge in [-0.25, -0.2) is 13.4 Å². The summed E-state index contributed by atoms with van der Waals surface area (Å²) < 4.78 is 33.7. The third-order valence-corrected chi connectivity index (χ3v) is 6.72. The molecule has 0 spiro atoms. The Balaban J connectivity index is 1.60. The summed E-state index contributed by atoms with van der Waals surface area (Å²) in [6, 6.07) is 11.5. The largest absolute Gasteiger partial charge is 0.483 e. The molecule has 0 unspecified atom stereocenters. The fraction of sp³-hybridized carbons (Fsp3) is 0.200. The van der Waals surface area contributed by atoms with Crippen molar-refractivity contribution in [3.8, 4) is 5.75 Å². The Labute approximate surface area is 187 Å². The van der Waals surface area contributed by atoms with Gasteiger partial charge in [0.2, 0.25) is 0 Å². The average Bonchev–Trinajstić information content (AvgIpc) is 3.19. The van der Waals surface area contributed by atoms with E-state index in [-0.39, 0.29) is 23.3 Å². The van der Waals surface area contributed by atoms with Crippen molar-refractivity contribution in [2.45, 2.75) is 24.7 Å². The van der Waals surface area contributed by atoms with E-state index in [1.54, 1.807) is 5.38 Å². The zero-order chi connectivity index (χ0) is 21.7. The van der Waals surface area contributed by atoms with Gasteiger partial charge in [0.25, 0.3) is 15.9 Å². The Morgan fingerprint density at radius 1 is 1.20 bits per heavy atom. The van der Waals surface area contributed by atoms with Crippen LogP contribution in [-0.4, -0.2) is 25.9 Å². The van der Waals surface area contributed by atoms with Gasteiger partial charge in [-0.3, -0.25) is 9.52 Å². The lowest BCUT2D eigenvalue weighted by Gasteiger charge is -2.14. The van der Waals surface area contributed by atoms with E-state index in [4.69, 9.17) is 4.74 Å². The van der Waals surface area contributed by atoms with Crippen molar-refractivity contribution in [3.63, 3.8) is 0 Å². The number of carbonyl (C=O) groups excluding carboxylic acids is 1. The highest BCUT2D eigenvalue weighted by Crippen LogP contribution is 2.29. The van der Waals surface area contributed by atoms with Crippen LogP contribution in [0.3, 0.4) is 0 Å². The van der Waals surface area contributed by atoms with Crippen LogP contribution in [0.25, 0.3) is 0 Å². The summed E-state index contributed by atoms with van der Waals surface area (Å²) in [6.45, 7) is 3.94. The maximum atomic E-state index is 12.3. The molecule has 0 bridgehead atoms. The van der Waals surface area contributed by atoms with Crippen molar-refractivity contribution in [1.82, 2.24) is 4.98 Å². The molecule has 0 aliphatic heterocycles. The van der Waals surface area contributed by atoms with Crippen molar-refractivity contribution in [1.29, 1.82) is 0 Å². The average molecular weight is 510 g/mol. The van der Waals surface area contributed by atoms with Crippen LogP contribution in [0.1, 0.15) is 25.3 Å². The lowest BCUT2D eigenvalue weighted by atomic mass is 10.0. The standard InChI is InChI=1S/C20H20BrN3O4S2/c1-13(2)17-11-14(21)3-8-18(17)28-12-19(25)23-15-4-6-16(7-5-15)30(26,27)24-20-22-9-10-29-20/h3-11,13H,12H2,1-2H3,(H,22,24)(H,23,25). The van der Waals surface area contributed by atoms with Crippen LogP contribution in [-0.2, 0) is 14.8 Å². The first-order valence-corrected chi connectivity index (χ1v) is 12.1. The number of nitrogens with zero attached hydrogens (tertiary/aromatic N) is 1. The summed E-state index contributed by atoms with van der Waals surface area (Å²) in [6.07, 6.45) is 1.52. The van der Waals surface area contributed by atoms with E-state index < -0.39 is 10.0 Å². The number of hydrogen-bond donors (Lipinski definition) is 2. The third-order valence-electron chi connectivity index (χ3n) is 4.05. The van der Waals surface area contributed by atoms with Gasteiger partial charge in [-0.2, -0.15) is 0 Å². The van der Waals surface area contributed by atoms with Crippen molar-refractivity contribution in [2.75, 3.05) is 16.6 Å². The minimum atomic E-state index is -3.73. The topological polar surface area (TPSA) is 97.4 Å². The highest BCUT2D eigenvalue weighted by atomic mass is 79.9. The molecule has 10 heteroatoms. The van der Waals surface area contributed by atoms with Crippen LogP contribution in [0, 0.1) is 0 Å². The number of ether oxygens (including phenoxy) is 1. The summed E-state index contributed by atoms with van der Waals surface area (Å²) in [5.41, 5.74) is 1.47. The number of thiazole rings is 1. The molecule has 0 saturated heterocycles.